The lowest BCUT2D eigenvalue weighted by molar-refractivity contribution is 0.815. The highest BCUT2D eigenvalue weighted by atomic mass is 15.0. The van der Waals surface area contributed by atoms with Gasteiger partial charge in [0.15, 0.2) is 0 Å². The summed E-state index contributed by atoms with van der Waals surface area (Å²) in [5.74, 6) is 0.636. The number of hydrogen-bond acceptors (Lipinski definition) is 4. The zero-order valence-corrected chi connectivity index (χ0v) is 9.59. The van der Waals surface area contributed by atoms with Gasteiger partial charge in [-0.3, -0.25) is 0 Å². The van der Waals surface area contributed by atoms with E-state index < -0.39 is 0 Å². The lowest BCUT2D eigenvalue weighted by Gasteiger charge is -2.06. The number of nitrogens with zero attached hydrogens (tertiary/aromatic N) is 4. The second kappa shape index (κ2) is 5.12. The Balaban J connectivity index is 1.95. The maximum Gasteiger partial charge on any atom is 0.143 e. The van der Waals surface area contributed by atoms with Crippen LogP contribution in [0.15, 0.2) is 30.9 Å². The molecule has 0 aliphatic heterocycles. The first-order valence-corrected chi connectivity index (χ1v) is 5.35. The van der Waals surface area contributed by atoms with E-state index in [1.807, 2.05) is 17.8 Å². The molecule has 17 heavy (non-hydrogen) atoms. The molecule has 5 heteroatoms. The first-order valence-electron chi connectivity index (χ1n) is 5.35. The Hall–Kier alpha value is -2.35. The third-order valence-corrected chi connectivity index (χ3v) is 2.52. The number of rotatable bonds is 4. The molecule has 2 heterocycles. The number of hydrogen-bond donors (Lipinski definition) is 1. The van der Waals surface area contributed by atoms with Crippen molar-refractivity contribution in [3.8, 4) is 6.07 Å². The first-order chi connectivity index (χ1) is 8.31. The molecular weight excluding hydrogens is 214 g/mol. The molecule has 0 aliphatic carbocycles. The third kappa shape index (κ3) is 2.61. The van der Waals surface area contributed by atoms with E-state index in [2.05, 4.69) is 21.4 Å². The van der Waals surface area contributed by atoms with E-state index in [9.17, 15) is 0 Å². The second-order valence-electron chi connectivity index (χ2n) is 3.68. The van der Waals surface area contributed by atoms with Gasteiger partial charge >= 0.3 is 0 Å². The minimum Gasteiger partial charge on any atom is -0.369 e. The van der Waals surface area contributed by atoms with Crippen LogP contribution in [0.1, 0.15) is 11.3 Å². The van der Waals surface area contributed by atoms with Crippen LogP contribution in [0, 0.1) is 11.3 Å². The third-order valence-electron chi connectivity index (χ3n) is 2.52. The highest BCUT2D eigenvalue weighted by Gasteiger charge is 2.02. The lowest BCUT2D eigenvalue weighted by atomic mass is 10.2. The number of imidazole rings is 1. The lowest BCUT2D eigenvalue weighted by Crippen LogP contribution is -2.09. The highest BCUT2D eigenvalue weighted by molar-refractivity contribution is 5.51. The summed E-state index contributed by atoms with van der Waals surface area (Å²) < 4.78 is 1.98. The Morgan fingerprint density at radius 1 is 1.53 bits per heavy atom. The molecule has 0 fully saturated rings. The maximum atomic E-state index is 8.90. The van der Waals surface area contributed by atoms with E-state index in [1.54, 1.807) is 24.7 Å². The SMILES string of the molecule is Cn1cncc1CCNc1ncccc1C#N. The van der Waals surface area contributed by atoms with Crippen LogP contribution in [-0.2, 0) is 13.5 Å². The molecule has 0 saturated heterocycles. The molecule has 86 valence electrons. The fourth-order valence-electron chi connectivity index (χ4n) is 1.57. The summed E-state index contributed by atoms with van der Waals surface area (Å²) in [5, 5.41) is 12.1. The van der Waals surface area contributed by atoms with Gasteiger partial charge in [-0.1, -0.05) is 0 Å². The van der Waals surface area contributed by atoms with Gasteiger partial charge in [0.25, 0.3) is 0 Å². The Bertz CT molecular complexity index is 538. The molecule has 2 aromatic heterocycles. The molecule has 0 amide bonds. The zero-order chi connectivity index (χ0) is 12.1. The Labute approximate surface area is 99.7 Å². The van der Waals surface area contributed by atoms with Crippen molar-refractivity contribution in [2.24, 2.45) is 7.05 Å². The van der Waals surface area contributed by atoms with E-state index >= 15 is 0 Å². The molecular formula is C12H13N5. The van der Waals surface area contributed by atoms with Gasteiger partial charge in [0.2, 0.25) is 0 Å². The van der Waals surface area contributed by atoms with E-state index in [0.29, 0.717) is 11.4 Å². The topological polar surface area (TPSA) is 66.5 Å². The van der Waals surface area contributed by atoms with Gasteiger partial charge in [-0.25, -0.2) is 9.97 Å². The summed E-state index contributed by atoms with van der Waals surface area (Å²) in [6.45, 7) is 0.727. The van der Waals surface area contributed by atoms with E-state index in [-0.39, 0.29) is 0 Å². The van der Waals surface area contributed by atoms with Crippen molar-refractivity contribution in [2.45, 2.75) is 6.42 Å². The van der Waals surface area contributed by atoms with Crippen LogP contribution in [0.3, 0.4) is 0 Å². The molecule has 0 radical (unpaired) electrons. The van der Waals surface area contributed by atoms with Crippen LogP contribution in [0.4, 0.5) is 5.82 Å². The summed E-state index contributed by atoms with van der Waals surface area (Å²) in [5.41, 5.74) is 1.71. The Kier molecular flexibility index (Phi) is 3.36. The minimum absolute atomic E-state index is 0.567. The summed E-state index contributed by atoms with van der Waals surface area (Å²) in [6, 6.07) is 5.61. The van der Waals surface area contributed by atoms with Crippen molar-refractivity contribution in [1.29, 1.82) is 5.26 Å². The number of pyridine rings is 1. The molecule has 2 aromatic rings. The quantitative estimate of drug-likeness (QED) is 0.856. The van der Waals surface area contributed by atoms with Crippen LogP contribution in [0.5, 0.6) is 0 Å². The van der Waals surface area contributed by atoms with Gasteiger partial charge in [0.1, 0.15) is 11.9 Å². The molecule has 0 atom stereocenters. The van der Waals surface area contributed by atoms with E-state index in [4.69, 9.17) is 5.26 Å². The predicted molar refractivity (Wildman–Crippen MR) is 64.4 cm³/mol. The number of nitriles is 1. The van der Waals surface area contributed by atoms with Gasteiger partial charge < -0.3 is 9.88 Å². The largest absolute Gasteiger partial charge is 0.369 e. The molecule has 5 nitrogen and oxygen atoms in total. The number of aryl methyl sites for hydroxylation is 1. The van der Waals surface area contributed by atoms with E-state index in [0.717, 1.165) is 18.7 Å². The van der Waals surface area contributed by atoms with E-state index in [1.165, 1.54) is 0 Å². The summed E-state index contributed by atoms with van der Waals surface area (Å²) >= 11 is 0. The van der Waals surface area contributed by atoms with Gasteiger partial charge in [-0.15, -0.1) is 0 Å². The van der Waals surface area contributed by atoms with Crippen molar-refractivity contribution in [2.75, 3.05) is 11.9 Å². The normalized spacial score (nSPS) is 9.88. The predicted octanol–water partition coefficient (Wildman–Crippen LogP) is 1.34. The molecule has 2 rings (SSSR count). The minimum atomic E-state index is 0.567. The fraction of sp³-hybridized carbons (Fsp3) is 0.250. The molecule has 0 saturated carbocycles. The van der Waals surface area contributed by atoms with Gasteiger partial charge in [0.05, 0.1) is 11.9 Å². The Morgan fingerprint density at radius 3 is 3.12 bits per heavy atom. The molecule has 0 aromatic carbocycles. The summed E-state index contributed by atoms with van der Waals surface area (Å²) in [7, 11) is 1.96. The summed E-state index contributed by atoms with van der Waals surface area (Å²) in [6.07, 6.45) is 6.13. The smallest absolute Gasteiger partial charge is 0.143 e. The van der Waals surface area contributed by atoms with Gasteiger partial charge in [0, 0.05) is 38.1 Å². The first kappa shape index (κ1) is 11.1. The Morgan fingerprint density at radius 2 is 2.41 bits per heavy atom. The molecule has 0 aliphatic rings. The van der Waals surface area contributed by atoms with Crippen molar-refractivity contribution >= 4 is 5.82 Å². The molecule has 0 spiro atoms. The van der Waals surface area contributed by atoms with Crippen LogP contribution >= 0.6 is 0 Å². The standard InChI is InChI=1S/C12H13N5/c1-17-9-14-8-11(17)4-6-16-12-10(7-13)3-2-5-15-12/h2-3,5,8-9H,4,6H2,1H3,(H,15,16). The average Bonchev–Trinajstić information content (AvgIpc) is 2.76. The second-order valence-corrected chi connectivity index (χ2v) is 3.68. The van der Waals surface area contributed by atoms with Crippen molar-refractivity contribution in [3.63, 3.8) is 0 Å². The van der Waals surface area contributed by atoms with Crippen LogP contribution < -0.4 is 5.32 Å². The van der Waals surface area contributed by atoms with Crippen molar-refractivity contribution in [3.05, 3.63) is 42.1 Å². The molecule has 1 N–H and O–H groups in total. The molecule has 0 unspecified atom stereocenters. The van der Waals surface area contributed by atoms with Crippen LogP contribution in [0.2, 0.25) is 0 Å². The number of aromatic nitrogens is 3. The van der Waals surface area contributed by atoms with Crippen LogP contribution in [-0.4, -0.2) is 21.1 Å². The van der Waals surface area contributed by atoms with Gasteiger partial charge in [-0.05, 0) is 12.1 Å². The van der Waals surface area contributed by atoms with Crippen LogP contribution in [0.25, 0.3) is 0 Å². The van der Waals surface area contributed by atoms with Gasteiger partial charge in [-0.2, -0.15) is 5.26 Å². The average molecular weight is 227 g/mol. The van der Waals surface area contributed by atoms with Crippen molar-refractivity contribution in [1.82, 2.24) is 14.5 Å². The highest BCUT2D eigenvalue weighted by Crippen LogP contribution is 2.09. The monoisotopic (exact) mass is 227 g/mol. The fourth-order valence-corrected chi connectivity index (χ4v) is 1.57. The summed E-state index contributed by atoms with van der Waals surface area (Å²) in [4.78, 5) is 8.18. The van der Waals surface area contributed by atoms with Crippen molar-refractivity contribution < 1.29 is 0 Å². The zero-order valence-electron chi connectivity index (χ0n) is 9.59. The number of anilines is 1. The maximum absolute atomic E-state index is 8.90. The number of nitrogens with one attached hydrogen (secondary N) is 1. The molecule has 0 bridgehead atoms.